The van der Waals surface area contributed by atoms with Crippen molar-refractivity contribution in [2.75, 3.05) is 0 Å². The summed E-state index contributed by atoms with van der Waals surface area (Å²) in [6.07, 6.45) is 0.837. The van der Waals surface area contributed by atoms with E-state index in [1.165, 1.54) is 11.8 Å². The molecule has 2 heteroatoms. The lowest BCUT2D eigenvalue weighted by Crippen LogP contribution is -2.42. The molecule has 168 valence electrons. The van der Waals surface area contributed by atoms with Gasteiger partial charge in [0.05, 0.1) is 0 Å². The molecule has 0 fully saturated rings. The molecular formula is C30H36OS. The summed E-state index contributed by atoms with van der Waals surface area (Å²) < 4.78 is 0. The third-order valence-corrected chi connectivity index (χ3v) is 7.65. The fourth-order valence-electron chi connectivity index (χ4n) is 4.25. The van der Waals surface area contributed by atoms with Gasteiger partial charge in [-0.2, -0.15) is 0 Å². The summed E-state index contributed by atoms with van der Waals surface area (Å²) in [5, 5.41) is 0.237. The van der Waals surface area contributed by atoms with Gasteiger partial charge in [-0.15, -0.1) is 0 Å². The van der Waals surface area contributed by atoms with Crippen molar-refractivity contribution >= 4 is 16.9 Å². The Labute approximate surface area is 198 Å². The van der Waals surface area contributed by atoms with Gasteiger partial charge >= 0.3 is 0 Å². The minimum atomic E-state index is -0.465. The molecule has 0 aliphatic rings. The lowest BCUT2D eigenvalue weighted by atomic mass is 9.62. The van der Waals surface area contributed by atoms with E-state index in [1.54, 1.807) is 0 Å². The van der Waals surface area contributed by atoms with Crippen molar-refractivity contribution in [2.45, 2.75) is 59.8 Å². The highest BCUT2D eigenvalue weighted by atomic mass is 32.2. The van der Waals surface area contributed by atoms with Gasteiger partial charge in [-0.05, 0) is 39.5 Å². The Hall–Kier alpha value is -2.32. The van der Waals surface area contributed by atoms with E-state index in [0.29, 0.717) is 0 Å². The summed E-state index contributed by atoms with van der Waals surface area (Å²) in [6.45, 7) is 15.4. The third-order valence-electron chi connectivity index (χ3n) is 6.37. The topological polar surface area (TPSA) is 17.1 Å². The van der Waals surface area contributed by atoms with Crippen LogP contribution in [0.3, 0.4) is 0 Å². The molecule has 0 heterocycles. The standard InChI is InChI=1S/C30H36OS/c1-28(2,3)21-30(7,29(4,5)6)27(31)32-26-24(22-15-10-8-11-16-22)19-14-20-25(26)23-17-12-9-13-18-23/h8-20H,21H2,1-7H3. The first-order valence-corrected chi connectivity index (χ1v) is 12.2. The number of hydrogen-bond donors (Lipinski definition) is 0. The Bertz CT molecular complexity index is 998. The molecule has 32 heavy (non-hydrogen) atoms. The zero-order valence-corrected chi connectivity index (χ0v) is 21.3. The molecule has 0 amide bonds. The van der Waals surface area contributed by atoms with E-state index in [9.17, 15) is 4.79 Å². The molecule has 1 unspecified atom stereocenters. The average molecular weight is 445 g/mol. The van der Waals surface area contributed by atoms with Crippen molar-refractivity contribution < 1.29 is 4.79 Å². The first-order valence-electron chi connectivity index (χ1n) is 11.4. The Morgan fingerprint density at radius 1 is 0.656 bits per heavy atom. The highest BCUT2D eigenvalue weighted by Gasteiger charge is 2.46. The van der Waals surface area contributed by atoms with E-state index >= 15 is 0 Å². The zero-order valence-electron chi connectivity index (χ0n) is 20.5. The lowest BCUT2D eigenvalue weighted by Gasteiger charge is -2.44. The molecule has 1 nitrogen and oxygen atoms in total. The van der Waals surface area contributed by atoms with Crippen LogP contribution in [-0.4, -0.2) is 5.12 Å². The largest absolute Gasteiger partial charge is 0.286 e. The number of thioether (sulfide) groups is 1. The number of rotatable bonds is 5. The van der Waals surface area contributed by atoms with E-state index < -0.39 is 5.41 Å². The van der Waals surface area contributed by atoms with Gasteiger partial charge in [0.25, 0.3) is 0 Å². The first-order chi connectivity index (χ1) is 14.9. The molecule has 3 aromatic carbocycles. The molecule has 3 rings (SSSR count). The van der Waals surface area contributed by atoms with Gasteiger partial charge in [-0.1, -0.05) is 139 Å². The predicted molar refractivity (Wildman–Crippen MR) is 140 cm³/mol. The van der Waals surface area contributed by atoms with Crippen molar-refractivity contribution in [1.29, 1.82) is 0 Å². The van der Waals surface area contributed by atoms with Crippen LogP contribution in [0.15, 0.2) is 83.8 Å². The van der Waals surface area contributed by atoms with E-state index in [0.717, 1.165) is 33.6 Å². The highest BCUT2D eigenvalue weighted by molar-refractivity contribution is 8.14. The molecule has 0 bridgehead atoms. The molecule has 0 N–H and O–H groups in total. The summed E-state index contributed by atoms with van der Waals surface area (Å²) in [7, 11) is 0. The van der Waals surface area contributed by atoms with Crippen molar-refractivity contribution in [1.82, 2.24) is 0 Å². The van der Waals surface area contributed by atoms with Crippen LogP contribution >= 0.6 is 11.8 Å². The van der Waals surface area contributed by atoms with Crippen LogP contribution in [0.4, 0.5) is 0 Å². The van der Waals surface area contributed by atoms with Crippen LogP contribution in [-0.2, 0) is 4.79 Å². The summed E-state index contributed by atoms with van der Waals surface area (Å²) in [6, 6.07) is 27.1. The smallest absolute Gasteiger partial charge is 0.200 e. The van der Waals surface area contributed by atoms with Crippen LogP contribution < -0.4 is 0 Å². The van der Waals surface area contributed by atoms with Gasteiger partial charge in [0.15, 0.2) is 5.12 Å². The summed E-state index contributed by atoms with van der Waals surface area (Å²) >= 11 is 1.42. The summed E-state index contributed by atoms with van der Waals surface area (Å²) in [5.41, 5.74) is 3.92. The third kappa shape index (κ3) is 5.35. The van der Waals surface area contributed by atoms with E-state index in [-0.39, 0.29) is 15.9 Å². The SMILES string of the molecule is CC(C)(C)CC(C)(C(=O)Sc1c(-c2ccccc2)cccc1-c1ccccc1)C(C)(C)C. The van der Waals surface area contributed by atoms with Gasteiger partial charge in [-0.3, -0.25) is 4.79 Å². The Morgan fingerprint density at radius 3 is 1.47 bits per heavy atom. The van der Waals surface area contributed by atoms with E-state index in [1.807, 2.05) is 12.1 Å². The summed E-state index contributed by atoms with van der Waals surface area (Å²) in [4.78, 5) is 15.1. The fraction of sp³-hybridized carbons (Fsp3) is 0.367. The molecule has 3 aromatic rings. The second kappa shape index (κ2) is 9.27. The highest BCUT2D eigenvalue weighted by Crippen LogP contribution is 2.52. The van der Waals surface area contributed by atoms with Crippen molar-refractivity contribution in [3.05, 3.63) is 78.9 Å². The molecule has 0 saturated heterocycles. The maximum atomic E-state index is 14.1. The Morgan fingerprint density at radius 2 is 1.09 bits per heavy atom. The molecular weight excluding hydrogens is 408 g/mol. The van der Waals surface area contributed by atoms with Crippen molar-refractivity contribution in [2.24, 2.45) is 16.2 Å². The van der Waals surface area contributed by atoms with Crippen LogP contribution in [0.25, 0.3) is 22.3 Å². The van der Waals surface area contributed by atoms with Crippen LogP contribution in [0.2, 0.25) is 0 Å². The predicted octanol–water partition coefficient (Wildman–Crippen LogP) is 9.13. The lowest BCUT2D eigenvalue weighted by molar-refractivity contribution is -0.126. The van der Waals surface area contributed by atoms with Crippen LogP contribution in [0, 0.1) is 16.2 Å². The monoisotopic (exact) mass is 444 g/mol. The normalized spacial score (nSPS) is 14.1. The maximum absolute atomic E-state index is 14.1. The molecule has 0 radical (unpaired) electrons. The van der Waals surface area contributed by atoms with Crippen LogP contribution in [0.5, 0.6) is 0 Å². The number of carbonyl (C=O) groups excluding carboxylic acids is 1. The molecule has 0 aromatic heterocycles. The van der Waals surface area contributed by atoms with Gasteiger partial charge in [0.1, 0.15) is 0 Å². The van der Waals surface area contributed by atoms with E-state index in [4.69, 9.17) is 0 Å². The molecule has 1 atom stereocenters. The van der Waals surface area contributed by atoms with Gasteiger partial charge in [-0.25, -0.2) is 0 Å². The Kier molecular flexibility index (Phi) is 7.05. The van der Waals surface area contributed by atoms with Gasteiger partial charge in [0, 0.05) is 10.3 Å². The Balaban J connectivity index is 2.16. The number of carbonyl (C=O) groups is 1. The molecule has 0 aliphatic carbocycles. The first kappa shape index (κ1) is 24.3. The van der Waals surface area contributed by atoms with E-state index in [2.05, 4.69) is 115 Å². The second-order valence-corrected chi connectivity index (χ2v) is 12.1. The van der Waals surface area contributed by atoms with Crippen molar-refractivity contribution in [3.8, 4) is 22.3 Å². The minimum absolute atomic E-state index is 0.0550. The zero-order chi connectivity index (χ0) is 23.6. The molecule has 0 saturated carbocycles. The number of hydrogen-bond acceptors (Lipinski definition) is 2. The maximum Gasteiger partial charge on any atom is 0.200 e. The quantitative estimate of drug-likeness (QED) is 0.365. The summed E-state index contributed by atoms with van der Waals surface area (Å²) in [5.74, 6) is 0. The van der Waals surface area contributed by atoms with Crippen molar-refractivity contribution in [3.63, 3.8) is 0 Å². The molecule has 0 spiro atoms. The second-order valence-electron chi connectivity index (χ2n) is 11.1. The van der Waals surface area contributed by atoms with Gasteiger partial charge in [0.2, 0.25) is 0 Å². The minimum Gasteiger partial charge on any atom is -0.286 e. The van der Waals surface area contributed by atoms with Crippen LogP contribution in [0.1, 0.15) is 54.9 Å². The fourth-order valence-corrected chi connectivity index (χ4v) is 5.63. The van der Waals surface area contributed by atoms with Gasteiger partial charge < -0.3 is 0 Å². The number of benzene rings is 3. The average Bonchev–Trinajstić information content (AvgIpc) is 2.73. The molecule has 0 aliphatic heterocycles.